The lowest BCUT2D eigenvalue weighted by molar-refractivity contribution is -0.133. The smallest absolute Gasteiger partial charge is 0.251 e. The molecule has 1 aromatic rings. The Morgan fingerprint density at radius 1 is 1.30 bits per heavy atom. The molecule has 0 aromatic heterocycles. The minimum atomic E-state index is -0.447. The lowest BCUT2D eigenvalue weighted by Gasteiger charge is -2.35. The number of carbonyl (C=O) groups excluding carboxylic acids is 2. The van der Waals surface area contributed by atoms with E-state index in [0.29, 0.717) is 13.1 Å². The Kier molecular flexibility index (Phi) is 5.25. The van der Waals surface area contributed by atoms with Crippen LogP contribution in [0.3, 0.4) is 0 Å². The van der Waals surface area contributed by atoms with Gasteiger partial charge in [0.05, 0.1) is 0 Å². The SMILES string of the molecule is CC(=O)N(CCNC(=O)c1cccc(F)c1)C(C)(C)C. The fraction of sp³-hybridized carbons (Fsp3) is 0.467. The Hall–Kier alpha value is -1.91. The first-order valence-electron chi connectivity index (χ1n) is 6.54. The van der Waals surface area contributed by atoms with E-state index in [-0.39, 0.29) is 22.9 Å². The topological polar surface area (TPSA) is 49.4 Å². The first kappa shape index (κ1) is 16.1. The zero-order valence-corrected chi connectivity index (χ0v) is 12.4. The Morgan fingerprint density at radius 2 is 1.95 bits per heavy atom. The van der Waals surface area contributed by atoms with Gasteiger partial charge in [-0.25, -0.2) is 4.39 Å². The number of nitrogens with zero attached hydrogens (tertiary/aromatic N) is 1. The maximum atomic E-state index is 13.0. The number of hydrogen-bond acceptors (Lipinski definition) is 2. The van der Waals surface area contributed by atoms with Crippen LogP contribution in [-0.4, -0.2) is 35.3 Å². The van der Waals surface area contributed by atoms with Crippen molar-refractivity contribution in [2.45, 2.75) is 33.2 Å². The highest BCUT2D eigenvalue weighted by Gasteiger charge is 2.23. The molecule has 0 fully saturated rings. The van der Waals surface area contributed by atoms with Crippen LogP contribution in [0.25, 0.3) is 0 Å². The lowest BCUT2D eigenvalue weighted by atomic mass is 10.1. The number of carbonyl (C=O) groups is 2. The summed E-state index contributed by atoms with van der Waals surface area (Å²) >= 11 is 0. The standard InChI is InChI=1S/C15H21FN2O2/c1-11(19)18(15(2,3)4)9-8-17-14(20)12-6-5-7-13(16)10-12/h5-7,10H,8-9H2,1-4H3,(H,17,20). The molecule has 0 aliphatic carbocycles. The van der Waals surface area contributed by atoms with Gasteiger partial charge in [0.15, 0.2) is 0 Å². The zero-order chi connectivity index (χ0) is 15.3. The molecule has 0 saturated heterocycles. The molecule has 0 radical (unpaired) electrons. The molecular weight excluding hydrogens is 259 g/mol. The maximum Gasteiger partial charge on any atom is 0.251 e. The van der Waals surface area contributed by atoms with Gasteiger partial charge < -0.3 is 10.2 Å². The van der Waals surface area contributed by atoms with Crippen LogP contribution >= 0.6 is 0 Å². The van der Waals surface area contributed by atoms with Crippen LogP contribution in [0.1, 0.15) is 38.1 Å². The molecule has 1 N–H and O–H groups in total. The van der Waals surface area contributed by atoms with Gasteiger partial charge in [0, 0.05) is 31.1 Å². The third kappa shape index (κ3) is 4.64. The lowest BCUT2D eigenvalue weighted by Crippen LogP contribution is -2.48. The number of halogens is 1. The van der Waals surface area contributed by atoms with E-state index in [1.165, 1.54) is 25.1 Å². The average molecular weight is 280 g/mol. The van der Waals surface area contributed by atoms with Crippen molar-refractivity contribution < 1.29 is 14.0 Å². The summed E-state index contributed by atoms with van der Waals surface area (Å²) in [5.41, 5.74) is -0.0229. The first-order chi connectivity index (χ1) is 9.21. The number of nitrogens with one attached hydrogen (secondary N) is 1. The quantitative estimate of drug-likeness (QED) is 0.919. The summed E-state index contributed by atoms with van der Waals surface area (Å²) in [6, 6.07) is 5.50. The molecule has 110 valence electrons. The predicted octanol–water partition coefficient (Wildman–Crippen LogP) is 2.20. The summed E-state index contributed by atoms with van der Waals surface area (Å²) in [5, 5.41) is 2.68. The summed E-state index contributed by atoms with van der Waals surface area (Å²) in [6.45, 7) is 8.04. The molecule has 0 aliphatic heterocycles. The van der Waals surface area contributed by atoms with Crippen LogP contribution in [0, 0.1) is 5.82 Å². The van der Waals surface area contributed by atoms with Crippen LogP contribution in [0.15, 0.2) is 24.3 Å². The minimum absolute atomic E-state index is 0.0440. The van der Waals surface area contributed by atoms with Crippen LogP contribution in [0.4, 0.5) is 4.39 Å². The van der Waals surface area contributed by atoms with E-state index in [2.05, 4.69) is 5.32 Å². The van der Waals surface area contributed by atoms with E-state index >= 15 is 0 Å². The van der Waals surface area contributed by atoms with Gasteiger partial charge in [0.25, 0.3) is 5.91 Å². The van der Waals surface area contributed by atoms with Crippen LogP contribution < -0.4 is 5.32 Å². The number of benzene rings is 1. The molecular formula is C15H21FN2O2. The fourth-order valence-corrected chi connectivity index (χ4v) is 1.98. The van der Waals surface area contributed by atoms with Crippen LogP contribution in [0.2, 0.25) is 0 Å². The summed E-state index contributed by atoms with van der Waals surface area (Å²) in [4.78, 5) is 25.0. The van der Waals surface area contributed by atoms with E-state index < -0.39 is 5.82 Å². The van der Waals surface area contributed by atoms with Crippen molar-refractivity contribution in [3.63, 3.8) is 0 Å². The van der Waals surface area contributed by atoms with E-state index in [4.69, 9.17) is 0 Å². The highest BCUT2D eigenvalue weighted by molar-refractivity contribution is 5.94. The van der Waals surface area contributed by atoms with Gasteiger partial charge in [-0.1, -0.05) is 6.07 Å². The van der Waals surface area contributed by atoms with E-state index in [9.17, 15) is 14.0 Å². The zero-order valence-electron chi connectivity index (χ0n) is 12.4. The second kappa shape index (κ2) is 6.50. The van der Waals surface area contributed by atoms with E-state index in [0.717, 1.165) is 0 Å². The monoisotopic (exact) mass is 280 g/mol. The van der Waals surface area contributed by atoms with Crippen molar-refractivity contribution in [3.8, 4) is 0 Å². The van der Waals surface area contributed by atoms with Crippen molar-refractivity contribution in [2.24, 2.45) is 0 Å². The molecule has 0 aliphatic rings. The Labute approximate surface area is 119 Å². The van der Waals surface area contributed by atoms with E-state index in [1.807, 2.05) is 20.8 Å². The molecule has 2 amide bonds. The van der Waals surface area contributed by atoms with Gasteiger partial charge in [-0.3, -0.25) is 9.59 Å². The summed E-state index contributed by atoms with van der Waals surface area (Å²) in [5.74, 6) is -0.836. The van der Waals surface area contributed by atoms with Crippen molar-refractivity contribution in [2.75, 3.05) is 13.1 Å². The van der Waals surface area contributed by atoms with Crippen molar-refractivity contribution >= 4 is 11.8 Å². The van der Waals surface area contributed by atoms with Crippen LogP contribution in [-0.2, 0) is 4.79 Å². The second-order valence-corrected chi connectivity index (χ2v) is 5.61. The Morgan fingerprint density at radius 3 is 2.45 bits per heavy atom. The molecule has 5 heteroatoms. The Bertz CT molecular complexity index is 495. The average Bonchev–Trinajstić information content (AvgIpc) is 2.32. The third-order valence-electron chi connectivity index (χ3n) is 2.90. The molecule has 0 bridgehead atoms. The van der Waals surface area contributed by atoms with Gasteiger partial charge >= 0.3 is 0 Å². The van der Waals surface area contributed by atoms with E-state index in [1.54, 1.807) is 11.0 Å². The van der Waals surface area contributed by atoms with Gasteiger partial charge in [0.1, 0.15) is 5.82 Å². The van der Waals surface area contributed by atoms with Gasteiger partial charge in [0.2, 0.25) is 5.91 Å². The first-order valence-corrected chi connectivity index (χ1v) is 6.54. The number of amides is 2. The molecule has 0 heterocycles. The van der Waals surface area contributed by atoms with Crippen molar-refractivity contribution in [1.82, 2.24) is 10.2 Å². The number of rotatable bonds is 4. The molecule has 1 aromatic carbocycles. The highest BCUT2D eigenvalue weighted by atomic mass is 19.1. The largest absolute Gasteiger partial charge is 0.350 e. The molecule has 0 saturated carbocycles. The Balaban J connectivity index is 2.55. The summed E-state index contributed by atoms with van der Waals surface area (Å²) < 4.78 is 13.0. The molecule has 0 atom stereocenters. The molecule has 4 nitrogen and oxygen atoms in total. The summed E-state index contributed by atoms with van der Waals surface area (Å²) in [6.07, 6.45) is 0. The van der Waals surface area contributed by atoms with Crippen molar-refractivity contribution in [1.29, 1.82) is 0 Å². The highest BCUT2D eigenvalue weighted by Crippen LogP contribution is 2.12. The normalized spacial score (nSPS) is 11.1. The molecule has 0 spiro atoms. The third-order valence-corrected chi connectivity index (χ3v) is 2.90. The predicted molar refractivity (Wildman–Crippen MR) is 75.9 cm³/mol. The molecule has 1 rings (SSSR count). The maximum absolute atomic E-state index is 13.0. The summed E-state index contributed by atoms with van der Waals surface area (Å²) in [7, 11) is 0. The second-order valence-electron chi connectivity index (χ2n) is 5.61. The van der Waals surface area contributed by atoms with Gasteiger partial charge in [-0.2, -0.15) is 0 Å². The van der Waals surface area contributed by atoms with Gasteiger partial charge in [-0.05, 0) is 39.0 Å². The number of hydrogen-bond donors (Lipinski definition) is 1. The molecule has 20 heavy (non-hydrogen) atoms. The fourth-order valence-electron chi connectivity index (χ4n) is 1.98. The van der Waals surface area contributed by atoms with Gasteiger partial charge in [-0.15, -0.1) is 0 Å². The van der Waals surface area contributed by atoms with Crippen LogP contribution in [0.5, 0.6) is 0 Å². The van der Waals surface area contributed by atoms with Crippen molar-refractivity contribution in [3.05, 3.63) is 35.6 Å². The molecule has 0 unspecified atom stereocenters. The minimum Gasteiger partial charge on any atom is -0.350 e.